The minimum atomic E-state index is -1.58. The number of non-ortho nitro benzene ring substituents is 1. The number of rotatable bonds is 7. The van der Waals surface area contributed by atoms with Gasteiger partial charge in [0.05, 0.1) is 30.8 Å². The van der Waals surface area contributed by atoms with Gasteiger partial charge in [0.25, 0.3) is 5.69 Å². The van der Waals surface area contributed by atoms with Gasteiger partial charge in [-0.05, 0) is 17.7 Å². The lowest BCUT2D eigenvalue weighted by Crippen LogP contribution is -2.60. The molecular weight excluding hydrogens is 322 g/mol. The maximum Gasteiger partial charge on any atom is 0.269 e. The third-order valence-electron chi connectivity index (χ3n) is 4.02. The van der Waals surface area contributed by atoms with Gasteiger partial charge in [0.2, 0.25) is 5.79 Å². The second-order valence-electron chi connectivity index (χ2n) is 5.59. The smallest absolute Gasteiger partial charge is 0.269 e. The number of benzene rings is 1. The van der Waals surface area contributed by atoms with Gasteiger partial charge in [0, 0.05) is 25.7 Å². The van der Waals surface area contributed by atoms with Crippen molar-refractivity contribution >= 4 is 5.69 Å². The fourth-order valence-electron chi connectivity index (χ4n) is 2.52. The van der Waals surface area contributed by atoms with E-state index in [1.807, 2.05) is 0 Å². The maximum absolute atomic E-state index is 10.6. The molecule has 0 saturated carbocycles. The summed E-state index contributed by atoms with van der Waals surface area (Å²) < 4.78 is 16.0. The highest BCUT2D eigenvalue weighted by atomic mass is 16.7. The molecule has 9 heteroatoms. The lowest BCUT2D eigenvalue weighted by atomic mass is 9.96. The molecule has 0 amide bonds. The van der Waals surface area contributed by atoms with E-state index in [0.29, 0.717) is 0 Å². The van der Waals surface area contributed by atoms with E-state index < -0.39 is 35.6 Å². The van der Waals surface area contributed by atoms with Gasteiger partial charge in [-0.25, -0.2) is 0 Å². The molecule has 1 aliphatic rings. The van der Waals surface area contributed by atoms with Gasteiger partial charge in [-0.1, -0.05) is 0 Å². The molecule has 0 radical (unpaired) electrons. The third-order valence-corrected chi connectivity index (χ3v) is 4.02. The van der Waals surface area contributed by atoms with Gasteiger partial charge in [-0.2, -0.15) is 0 Å². The topological polar surface area (TPSA) is 132 Å². The predicted octanol–water partition coefficient (Wildman–Crippen LogP) is -0.0429. The van der Waals surface area contributed by atoms with Gasteiger partial charge in [-0.3, -0.25) is 10.1 Å². The number of hydrogen-bond acceptors (Lipinski definition) is 8. The summed E-state index contributed by atoms with van der Waals surface area (Å²) in [6, 6.07) is 5.91. The first-order valence-electron chi connectivity index (χ1n) is 7.43. The molecule has 4 atom stereocenters. The molecule has 1 saturated heterocycles. The number of aliphatic hydroxyl groups excluding tert-OH is 3. The van der Waals surface area contributed by atoms with Crippen LogP contribution in [0.1, 0.15) is 12.0 Å². The summed E-state index contributed by atoms with van der Waals surface area (Å²) in [4.78, 5) is 10.1. The van der Waals surface area contributed by atoms with E-state index in [0.717, 1.165) is 5.56 Å². The van der Waals surface area contributed by atoms with Crippen molar-refractivity contribution in [1.82, 2.24) is 0 Å². The van der Waals surface area contributed by atoms with Crippen molar-refractivity contribution in [3.63, 3.8) is 0 Å². The highest BCUT2D eigenvalue weighted by Gasteiger charge is 2.48. The molecule has 0 spiro atoms. The minimum Gasteiger partial charge on any atom is -0.391 e. The number of nitro benzene ring substituents is 1. The zero-order chi connectivity index (χ0) is 17.7. The molecule has 1 fully saturated rings. The second-order valence-corrected chi connectivity index (χ2v) is 5.59. The summed E-state index contributed by atoms with van der Waals surface area (Å²) in [6.07, 6.45) is -2.92. The number of methoxy groups -OCH3 is 1. The van der Waals surface area contributed by atoms with Crippen LogP contribution in [0, 0.1) is 10.1 Å². The number of hydrogen-bond donors (Lipinski definition) is 3. The fourth-order valence-corrected chi connectivity index (χ4v) is 2.52. The molecule has 3 N–H and O–H groups in total. The lowest BCUT2D eigenvalue weighted by Gasteiger charge is -2.44. The summed E-state index contributed by atoms with van der Waals surface area (Å²) in [7, 11) is 1.30. The van der Waals surface area contributed by atoms with E-state index in [9.17, 15) is 25.4 Å². The Morgan fingerprint density at radius 2 is 2.04 bits per heavy atom. The van der Waals surface area contributed by atoms with E-state index in [1.165, 1.54) is 19.2 Å². The molecule has 1 aromatic carbocycles. The van der Waals surface area contributed by atoms with Crippen LogP contribution in [0.5, 0.6) is 0 Å². The average Bonchev–Trinajstić information content (AvgIpc) is 2.57. The molecule has 0 aliphatic carbocycles. The second kappa shape index (κ2) is 7.97. The number of aliphatic hydroxyl groups is 3. The molecule has 1 aliphatic heterocycles. The zero-order valence-electron chi connectivity index (χ0n) is 13.2. The summed E-state index contributed by atoms with van der Waals surface area (Å²) in [5.74, 6) is -1.58. The van der Waals surface area contributed by atoms with Crippen LogP contribution in [-0.2, 0) is 20.8 Å². The highest BCUT2D eigenvalue weighted by Crippen LogP contribution is 2.30. The molecule has 1 aromatic rings. The molecule has 9 nitrogen and oxygen atoms in total. The van der Waals surface area contributed by atoms with Crippen molar-refractivity contribution in [3.05, 3.63) is 39.9 Å². The van der Waals surface area contributed by atoms with Crippen LogP contribution in [0.4, 0.5) is 5.69 Å². The lowest BCUT2D eigenvalue weighted by molar-refractivity contribution is -0.384. The van der Waals surface area contributed by atoms with E-state index >= 15 is 0 Å². The summed E-state index contributed by atoms with van der Waals surface area (Å²) in [5.41, 5.74) is 0.720. The van der Waals surface area contributed by atoms with Crippen LogP contribution in [0.2, 0.25) is 0 Å². The van der Waals surface area contributed by atoms with Gasteiger partial charge in [0.15, 0.2) is 0 Å². The van der Waals surface area contributed by atoms with Crippen molar-refractivity contribution in [2.45, 2.75) is 37.1 Å². The summed E-state index contributed by atoms with van der Waals surface area (Å²) >= 11 is 0. The Hall–Kier alpha value is -1.62. The highest BCUT2D eigenvalue weighted by molar-refractivity contribution is 5.32. The summed E-state index contributed by atoms with van der Waals surface area (Å²) in [5, 5.41) is 39.9. The van der Waals surface area contributed by atoms with Crippen molar-refractivity contribution < 1.29 is 34.5 Å². The number of ether oxygens (including phenoxy) is 3. The van der Waals surface area contributed by atoms with Crippen molar-refractivity contribution in [1.29, 1.82) is 0 Å². The van der Waals surface area contributed by atoms with Gasteiger partial charge in [0.1, 0.15) is 12.2 Å². The monoisotopic (exact) mass is 343 g/mol. The zero-order valence-corrected chi connectivity index (χ0v) is 13.2. The molecule has 24 heavy (non-hydrogen) atoms. The van der Waals surface area contributed by atoms with Crippen molar-refractivity contribution in [2.24, 2.45) is 0 Å². The first-order valence-corrected chi connectivity index (χ1v) is 7.43. The van der Waals surface area contributed by atoms with Gasteiger partial charge in [-0.15, -0.1) is 0 Å². The Morgan fingerprint density at radius 3 is 2.58 bits per heavy atom. The standard InChI is InChI=1S/C15H21NO8/c1-22-15(9-17)14(19)6-12(18)13(24-15)8-23-7-10-2-4-11(5-3-10)16(20)21/h2-5,12-14,17-19H,6-9H2,1H3/t12?,13-,14+,15+/m0/s1. The quantitative estimate of drug-likeness (QED) is 0.464. The van der Waals surface area contributed by atoms with Crippen LogP contribution in [-0.4, -0.2) is 64.7 Å². The maximum atomic E-state index is 10.6. The van der Waals surface area contributed by atoms with Crippen LogP contribution in [0.25, 0.3) is 0 Å². The first kappa shape index (κ1) is 18.7. The van der Waals surface area contributed by atoms with Crippen LogP contribution in [0.15, 0.2) is 24.3 Å². The molecule has 1 unspecified atom stereocenters. The van der Waals surface area contributed by atoms with Crippen molar-refractivity contribution in [2.75, 3.05) is 20.3 Å². The number of nitrogens with zero attached hydrogens (tertiary/aromatic N) is 1. The fraction of sp³-hybridized carbons (Fsp3) is 0.600. The van der Waals surface area contributed by atoms with Crippen LogP contribution in [0.3, 0.4) is 0 Å². The van der Waals surface area contributed by atoms with E-state index in [1.54, 1.807) is 12.1 Å². The SMILES string of the molecule is CO[C@]1(CO)O[C@@H](COCc2ccc([N+](=O)[O-])cc2)C(O)C[C@H]1O. The molecular formula is C15H21NO8. The molecule has 0 bridgehead atoms. The Bertz CT molecular complexity index is 545. The first-order chi connectivity index (χ1) is 11.4. The van der Waals surface area contributed by atoms with E-state index in [4.69, 9.17) is 14.2 Å². The number of nitro groups is 1. The van der Waals surface area contributed by atoms with E-state index in [2.05, 4.69) is 0 Å². The van der Waals surface area contributed by atoms with Crippen molar-refractivity contribution in [3.8, 4) is 0 Å². The molecule has 0 aromatic heterocycles. The van der Waals surface area contributed by atoms with E-state index in [-0.39, 0.29) is 25.3 Å². The summed E-state index contributed by atoms with van der Waals surface area (Å²) in [6.45, 7) is -0.377. The third kappa shape index (κ3) is 4.07. The van der Waals surface area contributed by atoms with Crippen LogP contribution >= 0.6 is 0 Å². The Kier molecular flexibility index (Phi) is 6.21. The molecule has 134 valence electrons. The average molecular weight is 343 g/mol. The van der Waals surface area contributed by atoms with Gasteiger partial charge < -0.3 is 29.5 Å². The minimum absolute atomic E-state index is 0.00778. The molecule has 2 rings (SSSR count). The van der Waals surface area contributed by atoms with Gasteiger partial charge >= 0.3 is 0 Å². The largest absolute Gasteiger partial charge is 0.391 e. The normalized spacial score (nSPS) is 30.2. The Morgan fingerprint density at radius 1 is 1.38 bits per heavy atom. The van der Waals surface area contributed by atoms with Crippen LogP contribution < -0.4 is 0 Å². The Balaban J connectivity index is 1.89. The predicted molar refractivity (Wildman–Crippen MR) is 81.1 cm³/mol. The molecule has 1 heterocycles. The Labute approximate surface area is 138 Å².